The Morgan fingerprint density at radius 2 is 1.88 bits per heavy atom. The third kappa shape index (κ3) is 2.66. The summed E-state index contributed by atoms with van der Waals surface area (Å²) in [6.45, 7) is 0. The van der Waals surface area contributed by atoms with Crippen molar-refractivity contribution in [2.75, 3.05) is 18.6 Å². The molecule has 2 rings (SSSR count). The Bertz CT molecular complexity index is 509. The van der Waals surface area contributed by atoms with Crippen LogP contribution in [0.15, 0.2) is 36.5 Å². The van der Waals surface area contributed by atoms with Crippen LogP contribution in [0, 0.1) is 0 Å². The lowest BCUT2D eigenvalue weighted by atomic mass is 10.1. The molecule has 0 spiro atoms. The van der Waals surface area contributed by atoms with E-state index >= 15 is 0 Å². The van der Waals surface area contributed by atoms with E-state index in [1.807, 2.05) is 30.3 Å². The van der Waals surface area contributed by atoms with Crippen molar-refractivity contribution in [3.63, 3.8) is 0 Å². The van der Waals surface area contributed by atoms with Gasteiger partial charge in [0.1, 0.15) is 11.6 Å². The van der Waals surface area contributed by atoms with Gasteiger partial charge in [0, 0.05) is 12.0 Å². The standard InChI is InChI=1S/C13H15N3O/c1-17-12-4-2-9(3-5-12)6-10-7-11(14)8-16-13(10)15/h2-5,7-8H,6,14H2,1H3,(H2,15,16). The molecule has 88 valence electrons. The summed E-state index contributed by atoms with van der Waals surface area (Å²) in [6, 6.07) is 9.70. The predicted octanol–water partition coefficient (Wildman–Crippen LogP) is 1.85. The number of pyridine rings is 1. The summed E-state index contributed by atoms with van der Waals surface area (Å²) < 4.78 is 5.11. The lowest BCUT2D eigenvalue weighted by Gasteiger charge is -2.07. The third-order valence-electron chi connectivity index (χ3n) is 2.58. The van der Waals surface area contributed by atoms with E-state index in [0.717, 1.165) is 16.9 Å². The van der Waals surface area contributed by atoms with Crippen molar-refractivity contribution in [3.8, 4) is 5.75 Å². The fraction of sp³-hybridized carbons (Fsp3) is 0.154. The van der Waals surface area contributed by atoms with Crippen molar-refractivity contribution >= 4 is 11.5 Å². The van der Waals surface area contributed by atoms with Crippen molar-refractivity contribution in [2.45, 2.75) is 6.42 Å². The second kappa shape index (κ2) is 4.74. The smallest absolute Gasteiger partial charge is 0.127 e. The van der Waals surface area contributed by atoms with Gasteiger partial charge >= 0.3 is 0 Å². The molecule has 0 amide bonds. The van der Waals surface area contributed by atoms with Crippen LogP contribution >= 0.6 is 0 Å². The molecule has 2 aromatic rings. The van der Waals surface area contributed by atoms with Crippen LogP contribution in [0.2, 0.25) is 0 Å². The molecule has 0 unspecified atom stereocenters. The van der Waals surface area contributed by atoms with Crippen LogP contribution in [0.1, 0.15) is 11.1 Å². The molecule has 17 heavy (non-hydrogen) atoms. The van der Waals surface area contributed by atoms with Crippen LogP contribution in [0.4, 0.5) is 11.5 Å². The fourth-order valence-corrected chi connectivity index (χ4v) is 1.64. The first kappa shape index (κ1) is 11.3. The summed E-state index contributed by atoms with van der Waals surface area (Å²) in [5.41, 5.74) is 14.2. The van der Waals surface area contributed by atoms with Gasteiger partial charge in [0.05, 0.1) is 19.0 Å². The number of nitrogens with zero attached hydrogens (tertiary/aromatic N) is 1. The molecule has 1 aromatic carbocycles. The predicted molar refractivity (Wildman–Crippen MR) is 68.9 cm³/mol. The Labute approximate surface area is 100 Å². The van der Waals surface area contributed by atoms with Crippen LogP contribution in [0.3, 0.4) is 0 Å². The molecule has 0 radical (unpaired) electrons. The van der Waals surface area contributed by atoms with Crippen LogP contribution < -0.4 is 16.2 Å². The highest BCUT2D eigenvalue weighted by Gasteiger charge is 2.03. The molecule has 0 fully saturated rings. The lowest BCUT2D eigenvalue weighted by Crippen LogP contribution is -2.00. The number of hydrogen-bond acceptors (Lipinski definition) is 4. The zero-order valence-electron chi connectivity index (χ0n) is 9.68. The van der Waals surface area contributed by atoms with Crippen molar-refractivity contribution in [1.29, 1.82) is 0 Å². The van der Waals surface area contributed by atoms with E-state index in [1.54, 1.807) is 13.3 Å². The molecule has 0 atom stereocenters. The molecule has 0 aliphatic carbocycles. The molecule has 0 bridgehead atoms. The fourth-order valence-electron chi connectivity index (χ4n) is 1.64. The second-order valence-corrected chi connectivity index (χ2v) is 3.84. The van der Waals surface area contributed by atoms with Crippen LogP contribution in [0.25, 0.3) is 0 Å². The Kier molecular flexibility index (Phi) is 3.14. The lowest BCUT2D eigenvalue weighted by molar-refractivity contribution is 0.414. The van der Waals surface area contributed by atoms with Crippen molar-refractivity contribution < 1.29 is 4.74 Å². The summed E-state index contributed by atoms with van der Waals surface area (Å²) >= 11 is 0. The zero-order valence-corrected chi connectivity index (χ0v) is 9.68. The van der Waals surface area contributed by atoms with Gasteiger partial charge in [-0.3, -0.25) is 0 Å². The highest BCUT2D eigenvalue weighted by atomic mass is 16.5. The number of benzene rings is 1. The number of anilines is 2. The maximum atomic E-state index is 5.80. The molecule has 0 aliphatic rings. The van der Waals surface area contributed by atoms with Crippen molar-refractivity contribution in [2.24, 2.45) is 0 Å². The monoisotopic (exact) mass is 229 g/mol. The number of nitrogens with two attached hydrogens (primary N) is 2. The largest absolute Gasteiger partial charge is 0.497 e. The molecule has 0 aliphatic heterocycles. The quantitative estimate of drug-likeness (QED) is 0.842. The van der Waals surface area contributed by atoms with Gasteiger partial charge in [-0.25, -0.2) is 4.98 Å². The average Bonchev–Trinajstić information content (AvgIpc) is 2.35. The highest BCUT2D eigenvalue weighted by Crippen LogP contribution is 2.19. The van der Waals surface area contributed by atoms with Gasteiger partial charge in [-0.2, -0.15) is 0 Å². The minimum absolute atomic E-state index is 0.523. The number of ether oxygens (including phenoxy) is 1. The molecule has 4 N–H and O–H groups in total. The normalized spacial score (nSPS) is 10.2. The van der Waals surface area contributed by atoms with E-state index in [-0.39, 0.29) is 0 Å². The van der Waals surface area contributed by atoms with Gasteiger partial charge in [-0.1, -0.05) is 12.1 Å². The first-order chi connectivity index (χ1) is 8.19. The van der Waals surface area contributed by atoms with E-state index in [2.05, 4.69) is 4.98 Å². The molecular weight excluding hydrogens is 214 g/mol. The minimum atomic E-state index is 0.523. The second-order valence-electron chi connectivity index (χ2n) is 3.84. The van der Waals surface area contributed by atoms with Gasteiger partial charge in [0.15, 0.2) is 0 Å². The third-order valence-corrected chi connectivity index (χ3v) is 2.58. The number of nitrogen functional groups attached to an aromatic ring is 2. The molecule has 4 nitrogen and oxygen atoms in total. The maximum absolute atomic E-state index is 5.80. The molecule has 0 saturated heterocycles. The number of hydrogen-bond donors (Lipinski definition) is 2. The van der Waals surface area contributed by atoms with Gasteiger partial charge in [-0.05, 0) is 23.8 Å². The Morgan fingerprint density at radius 3 is 2.53 bits per heavy atom. The Morgan fingerprint density at radius 1 is 1.18 bits per heavy atom. The number of methoxy groups -OCH3 is 1. The molecule has 1 heterocycles. The van der Waals surface area contributed by atoms with E-state index in [0.29, 0.717) is 17.9 Å². The van der Waals surface area contributed by atoms with Crippen molar-refractivity contribution in [3.05, 3.63) is 47.7 Å². The number of aromatic nitrogens is 1. The van der Waals surface area contributed by atoms with E-state index in [9.17, 15) is 0 Å². The molecule has 4 heteroatoms. The zero-order chi connectivity index (χ0) is 12.3. The highest BCUT2D eigenvalue weighted by molar-refractivity contribution is 5.50. The summed E-state index contributed by atoms with van der Waals surface area (Å²) in [6.07, 6.45) is 2.28. The van der Waals surface area contributed by atoms with Crippen LogP contribution in [-0.2, 0) is 6.42 Å². The van der Waals surface area contributed by atoms with Crippen LogP contribution in [-0.4, -0.2) is 12.1 Å². The molecule has 0 saturated carbocycles. The van der Waals surface area contributed by atoms with Gasteiger partial charge < -0.3 is 16.2 Å². The molecular formula is C13H15N3O. The summed E-state index contributed by atoms with van der Waals surface area (Å²) in [5.74, 6) is 1.36. The molecule has 1 aromatic heterocycles. The van der Waals surface area contributed by atoms with E-state index in [1.165, 1.54) is 0 Å². The van der Waals surface area contributed by atoms with Gasteiger partial charge in [0.25, 0.3) is 0 Å². The van der Waals surface area contributed by atoms with Gasteiger partial charge in [-0.15, -0.1) is 0 Å². The first-order valence-corrected chi connectivity index (χ1v) is 5.32. The van der Waals surface area contributed by atoms with Crippen LogP contribution in [0.5, 0.6) is 5.75 Å². The van der Waals surface area contributed by atoms with E-state index in [4.69, 9.17) is 16.2 Å². The summed E-state index contributed by atoms with van der Waals surface area (Å²) in [5, 5.41) is 0. The first-order valence-electron chi connectivity index (χ1n) is 5.32. The summed E-state index contributed by atoms with van der Waals surface area (Å²) in [7, 11) is 1.65. The Balaban J connectivity index is 2.22. The Hall–Kier alpha value is -2.23. The number of rotatable bonds is 3. The maximum Gasteiger partial charge on any atom is 0.127 e. The van der Waals surface area contributed by atoms with Crippen molar-refractivity contribution in [1.82, 2.24) is 4.98 Å². The van der Waals surface area contributed by atoms with Gasteiger partial charge in [0.2, 0.25) is 0 Å². The minimum Gasteiger partial charge on any atom is -0.497 e. The summed E-state index contributed by atoms with van der Waals surface area (Å²) in [4.78, 5) is 4.04. The SMILES string of the molecule is COc1ccc(Cc2cc(N)cnc2N)cc1. The average molecular weight is 229 g/mol. The topological polar surface area (TPSA) is 74.2 Å². The van der Waals surface area contributed by atoms with E-state index < -0.39 is 0 Å².